The molecule has 0 unspecified atom stereocenters. The fraction of sp³-hybridized carbons (Fsp3) is 0.128. The van der Waals surface area contributed by atoms with E-state index >= 15 is 0 Å². The van der Waals surface area contributed by atoms with Crippen molar-refractivity contribution in [3.63, 3.8) is 0 Å². The predicted molar refractivity (Wildman–Crippen MR) is 173 cm³/mol. The average molecular weight is 529 g/mol. The molecular formula is C39H32N2. The molecule has 0 bridgehead atoms. The molecule has 0 radical (unpaired) electrons. The molecule has 41 heavy (non-hydrogen) atoms. The van der Waals surface area contributed by atoms with Crippen LogP contribution in [0.5, 0.6) is 0 Å². The Morgan fingerprint density at radius 3 is 2.00 bits per heavy atom. The largest absolute Gasteiger partial charge is 0.313 e. The monoisotopic (exact) mass is 528 g/mol. The molecule has 0 N–H and O–H groups in total. The van der Waals surface area contributed by atoms with Crippen LogP contribution in [-0.4, -0.2) is 4.57 Å². The summed E-state index contributed by atoms with van der Waals surface area (Å²) in [5.74, 6) is 0. The van der Waals surface area contributed by atoms with Gasteiger partial charge in [-0.3, -0.25) is 0 Å². The molecule has 5 aromatic carbocycles. The number of nitrogens with zero attached hydrogens (tertiary/aromatic N) is 2. The first-order valence-corrected chi connectivity index (χ1v) is 14.6. The first-order chi connectivity index (χ1) is 20.1. The lowest BCUT2D eigenvalue weighted by Gasteiger charge is -2.28. The number of hydrogen-bond donors (Lipinski definition) is 0. The van der Waals surface area contributed by atoms with Crippen molar-refractivity contribution in [1.82, 2.24) is 4.57 Å². The van der Waals surface area contributed by atoms with Crippen molar-refractivity contribution < 1.29 is 0 Å². The zero-order valence-electron chi connectivity index (χ0n) is 23.5. The topological polar surface area (TPSA) is 8.17 Å². The summed E-state index contributed by atoms with van der Waals surface area (Å²) >= 11 is 0. The van der Waals surface area contributed by atoms with Crippen LogP contribution in [0, 0.1) is 0 Å². The molecule has 6 aromatic rings. The molecule has 198 valence electrons. The minimum absolute atomic E-state index is 0.126. The maximum atomic E-state index is 2.51. The number of hydrogen-bond acceptors (Lipinski definition) is 1. The molecule has 0 spiro atoms. The standard InChI is InChI=1S/C39H32N2/c1-39(2)35-25-29(40(27-13-5-3-6-14-27)28-15-7-4-8-16-28)21-23-31(35)32-24-22-30(26-36(32)39)41-37-19-11-9-17-33(37)34-18-10-12-20-38(34)41/h3-11,13-19,21-26H,12,20H2,1-2H3. The normalized spacial score (nSPS) is 14.5. The Hall–Kier alpha value is -4.82. The molecule has 0 fully saturated rings. The van der Waals surface area contributed by atoms with Gasteiger partial charge in [0.2, 0.25) is 0 Å². The Morgan fingerprint density at radius 2 is 1.27 bits per heavy atom. The van der Waals surface area contributed by atoms with Crippen LogP contribution in [0.4, 0.5) is 17.1 Å². The summed E-state index contributed by atoms with van der Waals surface area (Å²) in [7, 11) is 0. The van der Waals surface area contributed by atoms with Gasteiger partial charge < -0.3 is 9.47 Å². The molecule has 0 saturated heterocycles. The Morgan fingerprint density at radius 1 is 0.634 bits per heavy atom. The third kappa shape index (κ3) is 3.64. The summed E-state index contributed by atoms with van der Waals surface area (Å²) < 4.78 is 2.51. The summed E-state index contributed by atoms with van der Waals surface area (Å²) in [6.07, 6.45) is 6.79. The van der Waals surface area contributed by atoms with Crippen LogP contribution in [0.1, 0.15) is 42.7 Å². The quantitative estimate of drug-likeness (QED) is 0.221. The lowest BCUT2D eigenvalue weighted by molar-refractivity contribution is 0.659. The van der Waals surface area contributed by atoms with Crippen LogP contribution >= 0.6 is 0 Å². The van der Waals surface area contributed by atoms with E-state index in [1.54, 1.807) is 0 Å². The van der Waals surface area contributed by atoms with E-state index in [1.807, 2.05) is 0 Å². The molecule has 2 aliphatic rings. The molecule has 2 aliphatic carbocycles. The van der Waals surface area contributed by atoms with Crippen LogP contribution in [0.3, 0.4) is 0 Å². The van der Waals surface area contributed by atoms with Gasteiger partial charge in [0.15, 0.2) is 0 Å². The highest BCUT2D eigenvalue weighted by Gasteiger charge is 2.36. The maximum Gasteiger partial charge on any atom is 0.0537 e. The number of allylic oxidation sites excluding steroid dienone is 1. The smallest absolute Gasteiger partial charge is 0.0537 e. The van der Waals surface area contributed by atoms with Gasteiger partial charge in [-0.15, -0.1) is 0 Å². The maximum absolute atomic E-state index is 2.51. The lowest BCUT2D eigenvalue weighted by atomic mass is 9.82. The number of rotatable bonds is 4. The Kier molecular flexibility index (Phi) is 5.33. The minimum atomic E-state index is -0.126. The van der Waals surface area contributed by atoms with Crippen molar-refractivity contribution in [2.24, 2.45) is 0 Å². The van der Waals surface area contributed by atoms with Crippen molar-refractivity contribution >= 4 is 34.0 Å². The van der Waals surface area contributed by atoms with Crippen LogP contribution in [0.15, 0.2) is 127 Å². The highest BCUT2D eigenvalue weighted by atomic mass is 15.1. The Labute approximate surface area is 241 Å². The SMILES string of the molecule is CC1(C)c2cc(N(c3ccccc3)c3ccccc3)ccc2-c2ccc(-n3c4c(c5ccccc53)C=CCC4)cc21. The van der Waals surface area contributed by atoms with E-state index in [1.165, 1.54) is 55.8 Å². The fourth-order valence-electron chi connectivity index (χ4n) is 7.06. The second-order valence-corrected chi connectivity index (χ2v) is 11.7. The second kappa shape index (κ2) is 9.11. The molecule has 2 nitrogen and oxygen atoms in total. The van der Waals surface area contributed by atoms with Gasteiger partial charge in [0.1, 0.15) is 0 Å². The van der Waals surface area contributed by atoms with E-state index in [9.17, 15) is 0 Å². The van der Waals surface area contributed by atoms with Gasteiger partial charge in [0, 0.05) is 44.8 Å². The minimum Gasteiger partial charge on any atom is -0.313 e. The van der Waals surface area contributed by atoms with Gasteiger partial charge in [-0.25, -0.2) is 0 Å². The van der Waals surface area contributed by atoms with Gasteiger partial charge in [-0.1, -0.05) is 92.7 Å². The highest BCUT2D eigenvalue weighted by molar-refractivity contribution is 5.94. The molecule has 0 aliphatic heterocycles. The van der Waals surface area contributed by atoms with Gasteiger partial charge in [0.25, 0.3) is 0 Å². The fourth-order valence-corrected chi connectivity index (χ4v) is 7.06. The summed E-state index contributed by atoms with van der Waals surface area (Å²) in [6, 6.07) is 44.3. The van der Waals surface area contributed by atoms with Crippen LogP contribution in [0.2, 0.25) is 0 Å². The molecule has 0 atom stereocenters. The highest BCUT2D eigenvalue weighted by Crippen LogP contribution is 2.51. The summed E-state index contributed by atoms with van der Waals surface area (Å²) in [6.45, 7) is 4.76. The van der Waals surface area contributed by atoms with Gasteiger partial charge >= 0.3 is 0 Å². The van der Waals surface area contributed by atoms with Crippen molar-refractivity contribution in [2.45, 2.75) is 32.1 Å². The van der Waals surface area contributed by atoms with Gasteiger partial charge in [-0.05, 0) is 89.7 Å². The zero-order chi connectivity index (χ0) is 27.6. The summed E-state index contributed by atoms with van der Waals surface area (Å²) in [5, 5.41) is 1.34. The molecule has 0 saturated carbocycles. The van der Waals surface area contributed by atoms with Crippen LogP contribution in [-0.2, 0) is 11.8 Å². The first kappa shape index (κ1) is 24.0. The summed E-state index contributed by atoms with van der Waals surface area (Å²) in [5.41, 5.74) is 14.2. The average Bonchev–Trinajstić information content (AvgIpc) is 3.47. The van der Waals surface area contributed by atoms with Crippen LogP contribution in [0.25, 0.3) is 33.8 Å². The predicted octanol–water partition coefficient (Wildman–Crippen LogP) is 10.4. The second-order valence-electron chi connectivity index (χ2n) is 11.7. The number of aromatic nitrogens is 1. The lowest BCUT2D eigenvalue weighted by Crippen LogP contribution is -2.17. The number of para-hydroxylation sites is 3. The number of benzene rings is 5. The van der Waals surface area contributed by atoms with Crippen molar-refractivity contribution in [3.05, 3.63) is 150 Å². The third-order valence-electron chi connectivity index (χ3n) is 9.04. The molecular weight excluding hydrogens is 496 g/mol. The molecule has 0 amide bonds. The van der Waals surface area contributed by atoms with Crippen molar-refractivity contribution in [1.29, 1.82) is 0 Å². The Balaban J connectivity index is 1.27. The molecule has 1 aromatic heterocycles. The van der Waals surface area contributed by atoms with E-state index in [0.29, 0.717) is 0 Å². The molecule has 2 heteroatoms. The van der Waals surface area contributed by atoms with Gasteiger partial charge in [-0.2, -0.15) is 0 Å². The van der Waals surface area contributed by atoms with Crippen LogP contribution < -0.4 is 4.90 Å². The third-order valence-corrected chi connectivity index (χ3v) is 9.04. The molecule has 1 heterocycles. The van der Waals surface area contributed by atoms with Crippen molar-refractivity contribution in [2.75, 3.05) is 4.90 Å². The Bertz CT molecular complexity index is 1920. The van der Waals surface area contributed by atoms with E-state index in [-0.39, 0.29) is 5.41 Å². The number of anilines is 3. The number of fused-ring (bicyclic) bond motifs is 6. The first-order valence-electron chi connectivity index (χ1n) is 14.6. The van der Waals surface area contributed by atoms with E-state index in [2.05, 4.69) is 157 Å². The van der Waals surface area contributed by atoms with Gasteiger partial charge in [0.05, 0.1) is 5.52 Å². The van der Waals surface area contributed by atoms with Crippen molar-refractivity contribution in [3.8, 4) is 16.8 Å². The van der Waals surface area contributed by atoms with E-state index < -0.39 is 0 Å². The summed E-state index contributed by atoms with van der Waals surface area (Å²) in [4.78, 5) is 2.36. The van der Waals surface area contributed by atoms with E-state index in [0.717, 1.165) is 24.2 Å². The molecule has 8 rings (SSSR count). The van der Waals surface area contributed by atoms with E-state index in [4.69, 9.17) is 0 Å². The zero-order valence-corrected chi connectivity index (χ0v) is 23.5.